The Labute approximate surface area is 167 Å². The molecule has 10 heteroatoms. The van der Waals surface area contributed by atoms with Gasteiger partial charge in [-0.25, -0.2) is 8.78 Å². The fourth-order valence-corrected chi connectivity index (χ4v) is 3.60. The number of ether oxygens (including phenoxy) is 1. The summed E-state index contributed by atoms with van der Waals surface area (Å²) in [5.74, 6) is -4.60. The first-order valence-corrected chi connectivity index (χ1v) is 8.77. The van der Waals surface area contributed by atoms with Crippen LogP contribution in [0, 0.1) is 35.8 Å². The van der Waals surface area contributed by atoms with Gasteiger partial charge in [0.25, 0.3) is 0 Å². The first kappa shape index (κ1) is 22.2. The highest BCUT2D eigenvalue weighted by Crippen LogP contribution is 2.60. The van der Waals surface area contributed by atoms with Gasteiger partial charge in [0, 0.05) is 11.1 Å². The van der Waals surface area contributed by atoms with Crippen molar-refractivity contribution in [1.82, 2.24) is 0 Å². The van der Waals surface area contributed by atoms with Crippen molar-refractivity contribution in [2.45, 2.75) is 33.6 Å². The maximum absolute atomic E-state index is 13.9. The molecule has 0 spiro atoms. The van der Waals surface area contributed by atoms with Crippen molar-refractivity contribution in [2.75, 3.05) is 0 Å². The number of carbonyl (C=O) groups excluding carboxylic acids is 1. The Kier molecular flexibility index (Phi) is 6.10. The summed E-state index contributed by atoms with van der Waals surface area (Å²) in [6.07, 6.45) is -3.95. The third kappa shape index (κ3) is 4.20. The van der Waals surface area contributed by atoms with Gasteiger partial charge in [-0.2, -0.15) is 13.2 Å². The van der Waals surface area contributed by atoms with Gasteiger partial charge in [-0.3, -0.25) is 4.79 Å². The van der Waals surface area contributed by atoms with Gasteiger partial charge in [0.2, 0.25) is 0 Å². The molecule has 150 valence electrons. The first-order valence-electron chi connectivity index (χ1n) is 7.63. The van der Waals surface area contributed by atoms with Crippen molar-refractivity contribution < 1.29 is 31.5 Å². The van der Waals surface area contributed by atoms with Crippen LogP contribution in [0.5, 0.6) is 0 Å². The molecule has 1 aliphatic carbocycles. The second-order valence-electron chi connectivity index (χ2n) is 6.80. The summed E-state index contributed by atoms with van der Waals surface area (Å²) in [4.78, 5) is 12.2. The average molecular weight is 452 g/mol. The molecular weight excluding hydrogens is 438 g/mol. The van der Waals surface area contributed by atoms with E-state index < -0.39 is 62.7 Å². The fraction of sp³-hybridized carbons (Fsp3) is 0.471. The minimum Gasteiger partial charge on any atom is -0.460 e. The molecule has 1 aromatic carbocycles. The van der Waals surface area contributed by atoms with Crippen LogP contribution in [0.15, 0.2) is 11.1 Å². The highest BCUT2D eigenvalue weighted by molar-refractivity contribution is 6.36. The average Bonchev–Trinajstić information content (AvgIpc) is 3.10. The molecule has 0 amide bonds. The van der Waals surface area contributed by atoms with Crippen LogP contribution < -0.4 is 0 Å². The molecule has 2 atom stereocenters. The van der Waals surface area contributed by atoms with Crippen molar-refractivity contribution >= 4 is 40.8 Å². The molecule has 1 saturated carbocycles. The van der Waals surface area contributed by atoms with E-state index >= 15 is 0 Å². The minimum absolute atomic E-state index is 0.258. The molecular formula is C17H14Cl3F5O2. The molecule has 27 heavy (non-hydrogen) atoms. The van der Waals surface area contributed by atoms with Crippen LogP contribution in [-0.2, 0) is 16.1 Å². The minimum atomic E-state index is -4.72. The van der Waals surface area contributed by atoms with E-state index in [0.29, 0.717) is 0 Å². The predicted octanol–water partition coefficient (Wildman–Crippen LogP) is 6.58. The maximum Gasteiger partial charge on any atom is 0.426 e. The van der Waals surface area contributed by atoms with E-state index in [-0.39, 0.29) is 11.1 Å². The molecule has 1 fully saturated rings. The maximum atomic E-state index is 13.9. The fourth-order valence-electron chi connectivity index (χ4n) is 2.84. The van der Waals surface area contributed by atoms with Gasteiger partial charge in [-0.1, -0.05) is 54.7 Å². The Morgan fingerprint density at radius 2 is 1.67 bits per heavy atom. The zero-order valence-corrected chi connectivity index (χ0v) is 16.5. The lowest BCUT2D eigenvalue weighted by Gasteiger charge is -2.12. The molecule has 0 aliphatic heterocycles. The molecule has 2 nitrogen and oxygen atoms in total. The lowest BCUT2D eigenvalue weighted by atomic mass is 10.1. The summed E-state index contributed by atoms with van der Waals surface area (Å²) < 4.78 is 70.4. The predicted molar refractivity (Wildman–Crippen MR) is 91.7 cm³/mol. The SMILES string of the molecule is Cc1c(F)c(Cl)c(COC(=O)[C@H]2[C@@H](/C=C(\Cl)C(F)(F)F)C2(C)C)c(Cl)c1F. The molecule has 0 bridgehead atoms. The Morgan fingerprint density at radius 1 is 1.19 bits per heavy atom. The van der Waals surface area contributed by atoms with Crippen LogP contribution in [0.2, 0.25) is 10.0 Å². The molecule has 1 aromatic rings. The number of carbonyl (C=O) groups is 1. The second-order valence-corrected chi connectivity index (χ2v) is 7.97. The quantitative estimate of drug-likeness (QED) is 0.294. The topological polar surface area (TPSA) is 26.3 Å². The Bertz CT molecular complexity index is 789. The Balaban J connectivity index is 2.16. The highest BCUT2D eigenvalue weighted by Gasteiger charge is 2.62. The molecule has 0 aromatic heterocycles. The highest BCUT2D eigenvalue weighted by atomic mass is 35.5. The van der Waals surface area contributed by atoms with Crippen molar-refractivity contribution in [1.29, 1.82) is 0 Å². The number of alkyl halides is 3. The van der Waals surface area contributed by atoms with Gasteiger partial charge in [0.1, 0.15) is 23.3 Å². The zero-order valence-electron chi connectivity index (χ0n) is 14.3. The van der Waals surface area contributed by atoms with Crippen molar-refractivity contribution in [3.63, 3.8) is 0 Å². The second kappa shape index (κ2) is 7.41. The van der Waals surface area contributed by atoms with E-state index in [1.807, 2.05) is 0 Å². The monoisotopic (exact) mass is 450 g/mol. The summed E-state index contributed by atoms with van der Waals surface area (Å²) in [5.41, 5.74) is -1.46. The van der Waals surface area contributed by atoms with E-state index in [4.69, 9.17) is 39.5 Å². The van der Waals surface area contributed by atoms with E-state index in [2.05, 4.69) is 0 Å². The van der Waals surface area contributed by atoms with Gasteiger partial charge >= 0.3 is 12.1 Å². The van der Waals surface area contributed by atoms with Crippen LogP contribution in [-0.4, -0.2) is 12.1 Å². The lowest BCUT2D eigenvalue weighted by Crippen LogP contribution is -2.12. The van der Waals surface area contributed by atoms with Gasteiger partial charge in [0.15, 0.2) is 0 Å². The molecule has 1 aliphatic rings. The third-order valence-corrected chi connectivity index (χ3v) is 5.82. The van der Waals surface area contributed by atoms with Gasteiger partial charge in [-0.15, -0.1) is 0 Å². The van der Waals surface area contributed by atoms with E-state index in [9.17, 15) is 26.7 Å². The summed E-state index contributed by atoms with van der Waals surface area (Å²) in [7, 11) is 0. The van der Waals surface area contributed by atoms with Gasteiger partial charge in [-0.05, 0) is 18.3 Å². The normalized spacial score (nSPS) is 22.0. The lowest BCUT2D eigenvalue weighted by molar-refractivity contribution is -0.147. The van der Waals surface area contributed by atoms with Crippen molar-refractivity contribution in [3.05, 3.63) is 43.9 Å². The van der Waals surface area contributed by atoms with Crippen LogP contribution in [0.4, 0.5) is 22.0 Å². The molecule has 0 heterocycles. The largest absolute Gasteiger partial charge is 0.460 e. The van der Waals surface area contributed by atoms with E-state index in [1.54, 1.807) is 13.8 Å². The smallest absolute Gasteiger partial charge is 0.426 e. The summed E-state index contributed by atoms with van der Waals surface area (Å²) in [5, 5.41) is -2.30. The molecule has 0 radical (unpaired) electrons. The standard InChI is InChI=1S/C17H14Cl3F5O2/c1-6-13(21)11(19)7(12(20)14(6)22)5-27-15(26)10-8(16(10,2)3)4-9(18)17(23,24)25/h4,8,10H,5H2,1-3H3/b9-4-/t8-,10-/m1/s1. The van der Waals surface area contributed by atoms with Gasteiger partial charge in [0.05, 0.1) is 16.0 Å². The Morgan fingerprint density at radius 3 is 2.11 bits per heavy atom. The summed E-state index contributed by atoms with van der Waals surface area (Å²) in [6.45, 7) is 3.67. The third-order valence-electron chi connectivity index (χ3n) is 4.69. The number of halogens is 8. The van der Waals surface area contributed by atoms with Crippen molar-refractivity contribution in [3.8, 4) is 0 Å². The van der Waals surface area contributed by atoms with Crippen LogP contribution >= 0.6 is 34.8 Å². The molecule has 0 N–H and O–H groups in total. The first-order chi connectivity index (χ1) is 12.2. The Hall–Kier alpha value is -1.05. The summed E-state index contributed by atoms with van der Waals surface area (Å²) in [6, 6.07) is 0. The van der Waals surface area contributed by atoms with Crippen LogP contribution in [0.25, 0.3) is 0 Å². The van der Waals surface area contributed by atoms with E-state index in [0.717, 1.165) is 13.0 Å². The number of rotatable bonds is 4. The molecule has 0 saturated heterocycles. The van der Waals surface area contributed by atoms with Crippen LogP contribution in [0.1, 0.15) is 25.0 Å². The van der Waals surface area contributed by atoms with Gasteiger partial charge < -0.3 is 4.74 Å². The van der Waals surface area contributed by atoms with Crippen molar-refractivity contribution in [2.24, 2.45) is 17.3 Å². The summed E-state index contributed by atoms with van der Waals surface area (Å²) >= 11 is 16.8. The van der Waals surface area contributed by atoms with Crippen LogP contribution in [0.3, 0.4) is 0 Å². The zero-order chi connectivity index (χ0) is 20.9. The number of benzene rings is 1. The molecule has 2 rings (SSSR count). The van der Waals surface area contributed by atoms with E-state index in [1.165, 1.54) is 0 Å². The number of allylic oxidation sites excluding steroid dienone is 2. The molecule has 0 unspecified atom stereocenters. The number of hydrogen-bond acceptors (Lipinski definition) is 2. The number of hydrogen-bond donors (Lipinski definition) is 0. The number of esters is 1.